The van der Waals surface area contributed by atoms with Crippen molar-refractivity contribution in [2.24, 2.45) is 0 Å². The van der Waals surface area contributed by atoms with E-state index in [1.807, 2.05) is 12.1 Å². The molecule has 0 spiro atoms. The van der Waals surface area contributed by atoms with Crippen molar-refractivity contribution in [1.82, 2.24) is 4.98 Å². The van der Waals surface area contributed by atoms with E-state index < -0.39 is 0 Å². The quantitative estimate of drug-likeness (QED) is 0.888. The van der Waals surface area contributed by atoms with E-state index >= 15 is 0 Å². The number of rotatable bonds is 5. The second-order valence-electron chi connectivity index (χ2n) is 4.22. The Morgan fingerprint density at radius 3 is 2.63 bits per heavy atom. The number of pyridine rings is 1. The van der Waals surface area contributed by atoms with Crippen molar-refractivity contribution < 1.29 is 9.13 Å². The number of hydrogen-bond donors (Lipinski definition) is 1. The van der Waals surface area contributed by atoms with E-state index in [0.717, 1.165) is 17.7 Å². The molecule has 4 heteroatoms. The summed E-state index contributed by atoms with van der Waals surface area (Å²) < 4.78 is 18.2. The molecule has 3 nitrogen and oxygen atoms in total. The maximum Gasteiger partial charge on any atom is 0.237 e. The van der Waals surface area contributed by atoms with Gasteiger partial charge < -0.3 is 10.1 Å². The molecule has 0 saturated heterocycles. The lowest BCUT2D eigenvalue weighted by molar-refractivity contribution is 0.399. The third kappa shape index (κ3) is 3.22. The summed E-state index contributed by atoms with van der Waals surface area (Å²) in [6.07, 6.45) is 2.56. The van der Waals surface area contributed by atoms with Crippen molar-refractivity contribution >= 4 is 5.69 Å². The van der Waals surface area contributed by atoms with Crippen molar-refractivity contribution in [1.29, 1.82) is 0 Å². The first-order valence-corrected chi connectivity index (χ1v) is 6.25. The normalized spacial score (nSPS) is 11.9. The van der Waals surface area contributed by atoms with E-state index in [1.54, 1.807) is 25.4 Å². The largest absolute Gasteiger partial charge is 0.480 e. The Labute approximate surface area is 112 Å². The molecule has 0 bridgehead atoms. The van der Waals surface area contributed by atoms with E-state index in [4.69, 9.17) is 4.74 Å². The van der Waals surface area contributed by atoms with Crippen LogP contribution in [0.1, 0.15) is 24.9 Å². The molecule has 1 atom stereocenters. The van der Waals surface area contributed by atoms with Gasteiger partial charge in [-0.1, -0.05) is 19.1 Å². The first-order chi connectivity index (χ1) is 9.24. The monoisotopic (exact) mass is 260 g/mol. The van der Waals surface area contributed by atoms with E-state index in [-0.39, 0.29) is 11.9 Å². The molecule has 19 heavy (non-hydrogen) atoms. The molecule has 1 N–H and O–H groups in total. The van der Waals surface area contributed by atoms with Crippen LogP contribution >= 0.6 is 0 Å². The van der Waals surface area contributed by atoms with E-state index in [0.29, 0.717) is 5.88 Å². The minimum absolute atomic E-state index is 0.0960. The minimum atomic E-state index is -0.224. The third-order valence-electron chi connectivity index (χ3n) is 2.97. The van der Waals surface area contributed by atoms with Gasteiger partial charge in [0.1, 0.15) is 5.82 Å². The third-order valence-corrected chi connectivity index (χ3v) is 2.97. The van der Waals surface area contributed by atoms with Gasteiger partial charge in [0.05, 0.1) is 18.8 Å². The molecule has 0 aliphatic rings. The Kier molecular flexibility index (Phi) is 4.34. The summed E-state index contributed by atoms with van der Waals surface area (Å²) >= 11 is 0. The van der Waals surface area contributed by atoms with E-state index in [1.165, 1.54) is 12.1 Å². The molecule has 1 aromatic heterocycles. The maximum atomic E-state index is 12.9. The predicted molar refractivity (Wildman–Crippen MR) is 73.8 cm³/mol. The SMILES string of the molecule is CCC(Nc1cccnc1OC)c1ccc(F)cc1. The molecule has 0 amide bonds. The molecule has 0 aliphatic heterocycles. The second-order valence-corrected chi connectivity index (χ2v) is 4.22. The van der Waals surface area contributed by atoms with Crippen LogP contribution in [0.5, 0.6) is 5.88 Å². The van der Waals surface area contributed by atoms with Crippen LogP contribution in [0.4, 0.5) is 10.1 Å². The van der Waals surface area contributed by atoms with Gasteiger partial charge in [-0.3, -0.25) is 0 Å². The highest BCUT2D eigenvalue weighted by molar-refractivity contribution is 5.53. The number of nitrogens with one attached hydrogen (secondary N) is 1. The average molecular weight is 260 g/mol. The molecule has 1 heterocycles. The molecule has 2 rings (SSSR count). The van der Waals surface area contributed by atoms with Gasteiger partial charge >= 0.3 is 0 Å². The fraction of sp³-hybridized carbons (Fsp3) is 0.267. The van der Waals surface area contributed by atoms with Crippen LogP contribution in [0.25, 0.3) is 0 Å². The number of anilines is 1. The van der Waals surface area contributed by atoms with Crippen LogP contribution in [0, 0.1) is 5.82 Å². The van der Waals surface area contributed by atoms with Gasteiger partial charge in [-0.2, -0.15) is 0 Å². The lowest BCUT2D eigenvalue weighted by atomic mass is 10.0. The fourth-order valence-electron chi connectivity index (χ4n) is 1.97. The Hall–Kier alpha value is -2.10. The van der Waals surface area contributed by atoms with Gasteiger partial charge in [-0.25, -0.2) is 9.37 Å². The first kappa shape index (κ1) is 13.3. The summed E-state index contributed by atoms with van der Waals surface area (Å²) in [5.74, 6) is 0.334. The number of hydrogen-bond acceptors (Lipinski definition) is 3. The van der Waals surface area contributed by atoms with Gasteiger partial charge in [0.15, 0.2) is 0 Å². The highest BCUT2D eigenvalue weighted by Crippen LogP contribution is 2.27. The average Bonchev–Trinajstić information content (AvgIpc) is 2.46. The van der Waals surface area contributed by atoms with Crippen molar-refractivity contribution in [3.63, 3.8) is 0 Å². The molecular weight excluding hydrogens is 243 g/mol. The summed E-state index contributed by atoms with van der Waals surface area (Å²) in [4.78, 5) is 4.15. The van der Waals surface area contributed by atoms with Crippen molar-refractivity contribution in [2.75, 3.05) is 12.4 Å². The Bertz CT molecular complexity index is 528. The summed E-state index contributed by atoms with van der Waals surface area (Å²) in [6.45, 7) is 2.07. The fourth-order valence-corrected chi connectivity index (χ4v) is 1.97. The van der Waals surface area contributed by atoms with Crippen LogP contribution < -0.4 is 10.1 Å². The number of nitrogens with zero attached hydrogens (tertiary/aromatic N) is 1. The predicted octanol–water partition coefficient (Wildman–Crippen LogP) is 3.79. The minimum Gasteiger partial charge on any atom is -0.480 e. The van der Waals surface area contributed by atoms with Crippen LogP contribution in [-0.2, 0) is 0 Å². The molecule has 0 fully saturated rings. The molecule has 1 unspecified atom stereocenters. The second kappa shape index (κ2) is 6.18. The standard InChI is InChI=1S/C15H17FN2O/c1-3-13(11-6-8-12(16)9-7-11)18-14-5-4-10-17-15(14)19-2/h4-10,13,18H,3H2,1-2H3. The van der Waals surface area contributed by atoms with Gasteiger partial charge in [0.2, 0.25) is 5.88 Å². The van der Waals surface area contributed by atoms with Gasteiger partial charge in [0, 0.05) is 6.20 Å². The Morgan fingerprint density at radius 2 is 2.00 bits per heavy atom. The molecule has 0 radical (unpaired) electrons. The highest BCUT2D eigenvalue weighted by atomic mass is 19.1. The topological polar surface area (TPSA) is 34.2 Å². The Morgan fingerprint density at radius 1 is 1.26 bits per heavy atom. The van der Waals surface area contributed by atoms with Gasteiger partial charge in [0.25, 0.3) is 0 Å². The molecular formula is C15H17FN2O. The zero-order valence-electron chi connectivity index (χ0n) is 11.1. The first-order valence-electron chi connectivity index (χ1n) is 6.25. The lowest BCUT2D eigenvalue weighted by Crippen LogP contribution is -2.10. The maximum absolute atomic E-state index is 12.9. The van der Waals surface area contributed by atoms with E-state index in [2.05, 4.69) is 17.2 Å². The number of halogens is 1. The smallest absolute Gasteiger partial charge is 0.237 e. The number of ether oxygens (including phenoxy) is 1. The van der Waals surface area contributed by atoms with E-state index in [9.17, 15) is 4.39 Å². The summed E-state index contributed by atoms with van der Waals surface area (Å²) in [6, 6.07) is 10.4. The van der Waals surface area contributed by atoms with Gasteiger partial charge in [-0.05, 0) is 36.2 Å². The summed E-state index contributed by atoms with van der Waals surface area (Å²) in [7, 11) is 1.59. The Balaban J connectivity index is 2.21. The molecule has 0 saturated carbocycles. The number of benzene rings is 1. The van der Waals surface area contributed by atoms with Crippen LogP contribution in [-0.4, -0.2) is 12.1 Å². The van der Waals surface area contributed by atoms with Crippen molar-refractivity contribution in [3.8, 4) is 5.88 Å². The zero-order chi connectivity index (χ0) is 13.7. The van der Waals surface area contributed by atoms with Crippen LogP contribution in [0.3, 0.4) is 0 Å². The molecule has 0 aliphatic carbocycles. The van der Waals surface area contributed by atoms with Gasteiger partial charge in [-0.15, -0.1) is 0 Å². The zero-order valence-corrected chi connectivity index (χ0v) is 11.1. The highest BCUT2D eigenvalue weighted by Gasteiger charge is 2.12. The summed E-state index contributed by atoms with van der Waals surface area (Å²) in [5.41, 5.74) is 1.87. The molecule has 2 aromatic rings. The van der Waals surface area contributed by atoms with Crippen LogP contribution in [0.2, 0.25) is 0 Å². The number of methoxy groups -OCH3 is 1. The summed E-state index contributed by atoms with van der Waals surface area (Å²) in [5, 5.41) is 3.37. The lowest BCUT2D eigenvalue weighted by Gasteiger charge is -2.19. The van der Waals surface area contributed by atoms with Crippen molar-refractivity contribution in [3.05, 3.63) is 54.0 Å². The number of aromatic nitrogens is 1. The molecule has 1 aromatic carbocycles. The van der Waals surface area contributed by atoms with Crippen LogP contribution in [0.15, 0.2) is 42.6 Å². The molecule has 100 valence electrons. The van der Waals surface area contributed by atoms with Crippen molar-refractivity contribution in [2.45, 2.75) is 19.4 Å².